The highest BCUT2D eigenvalue weighted by molar-refractivity contribution is 7.99. The van der Waals surface area contributed by atoms with Gasteiger partial charge >= 0.3 is 0 Å². The van der Waals surface area contributed by atoms with Gasteiger partial charge < -0.3 is 0 Å². The SMILES string of the molecule is [CH2]/C=C/CSc1ccccc1Cl. The van der Waals surface area contributed by atoms with Crippen LogP contribution in [0, 0.1) is 6.92 Å². The molecule has 0 amide bonds. The number of allylic oxidation sites excluding steroid dienone is 1. The fraction of sp³-hybridized carbons (Fsp3) is 0.100. The molecule has 0 heterocycles. The first-order chi connectivity index (χ1) is 5.84. The Morgan fingerprint density at radius 2 is 2.17 bits per heavy atom. The van der Waals surface area contributed by atoms with Crippen molar-refractivity contribution in [1.82, 2.24) is 0 Å². The number of hydrogen-bond acceptors (Lipinski definition) is 1. The van der Waals surface area contributed by atoms with Crippen LogP contribution in [0.1, 0.15) is 0 Å². The van der Waals surface area contributed by atoms with E-state index in [4.69, 9.17) is 11.6 Å². The quantitative estimate of drug-likeness (QED) is 0.664. The Bertz CT molecular complexity index is 268. The Balaban J connectivity index is 2.57. The molecule has 0 atom stereocenters. The van der Waals surface area contributed by atoms with Crippen LogP contribution < -0.4 is 0 Å². The zero-order valence-corrected chi connectivity index (χ0v) is 8.24. The Kier molecular flexibility index (Phi) is 4.26. The van der Waals surface area contributed by atoms with Gasteiger partial charge in [-0.3, -0.25) is 0 Å². The summed E-state index contributed by atoms with van der Waals surface area (Å²) in [5, 5.41) is 0.819. The van der Waals surface area contributed by atoms with Crippen molar-refractivity contribution in [3.8, 4) is 0 Å². The number of halogens is 1. The smallest absolute Gasteiger partial charge is 0.0541 e. The van der Waals surface area contributed by atoms with Gasteiger partial charge in [-0.25, -0.2) is 0 Å². The number of thioether (sulfide) groups is 1. The summed E-state index contributed by atoms with van der Waals surface area (Å²) >= 11 is 7.66. The average molecular weight is 198 g/mol. The van der Waals surface area contributed by atoms with Crippen LogP contribution in [0.5, 0.6) is 0 Å². The van der Waals surface area contributed by atoms with Gasteiger partial charge in [0.25, 0.3) is 0 Å². The predicted octanol–water partition coefficient (Wildman–Crippen LogP) is 3.82. The van der Waals surface area contributed by atoms with Crippen molar-refractivity contribution >= 4 is 23.4 Å². The van der Waals surface area contributed by atoms with Crippen molar-refractivity contribution in [2.24, 2.45) is 0 Å². The molecule has 0 spiro atoms. The zero-order chi connectivity index (χ0) is 8.81. The summed E-state index contributed by atoms with van der Waals surface area (Å²) in [5.41, 5.74) is 0. The molecular weight excluding hydrogens is 188 g/mol. The van der Waals surface area contributed by atoms with Crippen molar-refractivity contribution < 1.29 is 0 Å². The van der Waals surface area contributed by atoms with Gasteiger partial charge in [0, 0.05) is 10.6 Å². The summed E-state index contributed by atoms with van der Waals surface area (Å²) in [7, 11) is 0. The molecule has 0 bridgehead atoms. The average Bonchev–Trinajstić information content (AvgIpc) is 2.09. The van der Waals surface area contributed by atoms with E-state index < -0.39 is 0 Å². The van der Waals surface area contributed by atoms with Gasteiger partial charge in [-0.2, -0.15) is 0 Å². The van der Waals surface area contributed by atoms with Crippen molar-refractivity contribution in [1.29, 1.82) is 0 Å². The molecular formula is C10H10ClS. The minimum absolute atomic E-state index is 0.819. The molecule has 0 saturated heterocycles. The fourth-order valence-corrected chi connectivity index (χ4v) is 1.86. The maximum atomic E-state index is 5.94. The monoisotopic (exact) mass is 197 g/mol. The third-order valence-corrected chi connectivity index (χ3v) is 2.81. The highest BCUT2D eigenvalue weighted by Crippen LogP contribution is 2.26. The summed E-state index contributed by atoms with van der Waals surface area (Å²) in [4.78, 5) is 1.12. The highest BCUT2D eigenvalue weighted by atomic mass is 35.5. The standard InChI is InChI=1S/C10H10ClS/c1-2-3-8-12-10-7-5-4-6-9(10)11/h2-7H,1,8H2/b3-2+. The summed E-state index contributed by atoms with van der Waals surface area (Å²) in [6.07, 6.45) is 3.80. The van der Waals surface area contributed by atoms with E-state index in [0.29, 0.717) is 0 Å². The zero-order valence-electron chi connectivity index (χ0n) is 6.66. The second kappa shape index (κ2) is 5.28. The van der Waals surface area contributed by atoms with Crippen LogP contribution in [-0.4, -0.2) is 5.75 Å². The summed E-state index contributed by atoms with van der Waals surface area (Å²) in [6.45, 7) is 3.61. The lowest BCUT2D eigenvalue weighted by molar-refractivity contribution is 1.46. The van der Waals surface area contributed by atoms with E-state index in [1.807, 2.05) is 30.3 Å². The van der Waals surface area contributed by atoms with Crippen LogP contribution in [0.2, 0.25) is 5.02 Å². The topological polar surface area (TPSA) is 0 Å². The first-order valence-corrected chi connectivity index (χ1v) is 5.02. The van der Waals surface area contributed by atoms with Crippen molar-refractivity contribution in [3.63, 3.8) is 0 Å². The number of rotatable bonds is 3. The van der Waals surface area contributed by atoms with Gasteiger partial charge in [0.1, 0.15) is 0 Å². The van der Waals surface area contributed by atoms with E-state index >= 15 is 0 Å². The molecule has 0 aromatic heterocycles. The molecule has 12 heavy (non-hydrogen) atoms. The first kappa shape index (κ1) is 9.69. The van der Waals surface area contributed by atoms with Crippen LogP contribution >= 0.6 is 23.4 Å². The van der Waals surface area contributed by atoms with E-state index in [9.17, 15) is 0 Å². The van der Waals surface area contributed by atoms with Crippen molar-refractivity contribution in [3.05, 3.63) is 48.4 Å². The number of benzene rings is 1. The van der Waals surface area contributed by atoms with Gasteiger partial charge in [-0.15, -0.1) is 11.8 Å². The van der Waals surface area contributed by atoms with E-state index in [1.54, 1.807) is 17.8 Å². The summed E-state index contributed by atoms with van der Waals surface area (Å²) < 4.78 is 0. The molecule has 0 aliphatic heterocycles. The summed E-state index contributed by atoms with van der Waals surface area (Å²) in [5.74, 6) is 0.924. The lowest BCUT2D eigenvalue weighted by Crippen LogP contribution is -1.74. The van der Waals surface area contributed by atoms with Gasteiger partial charge in [0.05, 0.1) is 5.02 Å². The predicted molar refractivity (Wildman–Crippen MR) is 56.7 cm³/mol. The van der Waals surface area contributed by atoms with Crippen LogP contribution in [0.15, 0.2) is 41.3 Å². The van der Waals surface area contributed by atoms with E-state index in [-0.39, 0.29) is 0 Å². The molecule has 1 aromatic carbocycles. The minimum atomic E-state index is 0.819. The normalized spacial score (nSPS) is 10.8. The van der Waals surface area contributed by atoms with Gasteiger partial charge in [0.2, 0.25) is 0 Å². The largest absolute Gasteiger partial charge is 0.120 e. The van der Waals surface area contributed by atoms with Crippen molar-refractivity contribution in [2.75, 3.05) is 5.75 Å². The van der Waals surface area contributed by atoms with Crippen LogP contribution in [0.4, 0.5) is 0 Å². The maximum absolute atomic E-state index is 5.94. The molecule has 0 N–H and O–H groups in total. The molecule has 1 radical (unpaired) electrons. The Labute approximate surface area is 82.6 Å². The third-order valence-electron chi connectivity index (χ3n) is 1.34. The fourth-order valence-electron chi connectivity index (χ4n) is 0.768. The van der Waals surface area contributed by atoms with Crippen LogP contribution in [0.3, 0.4) is 0 Å². The third kappa shape index (κ3) is 2.92. The lowest BCUT2D eigenvalue weighted by atomic mass is 10.4. The molecule has 1 rings (SSSR count). The number of hydrogen-bond donors (Lipinski definition) is 0. The van der Waals surface area contributed by atoms with Crippen molar-refractivity contribution in [2.45, 2.75) is 4.90 Å². The molecule has 0 saturated carbocycles. The molecule has 0 aliphatic carbocycles. The molecule has 0 unspecified atom stereocenters. The van der Waals surface area contributed by atoms with E-state index in [0.717, 1.165) is 15.7 Å². The molecule has 0 nitrogen and oxygen atoms in total. The Morgan fingerprint density at radius 3 is 2.83 bits per heavy atom. The van der Waals surface area contributed by atoms with Gasteiger partial charge in [-0.05, 0) is 19.1 Å². The van der Waals surface area contributed by atoms with E-state index in [1.165, 1.54) is 0 Å². The molecule has 63 valence electrons. The maximum Gasteiger partial charge on any atom is 0.0541 e. The molecule has 0 aliphatic rings. The Hall–Kier alpha value is -0.400. The minimum Gasteiger partial charge on any atom is -0.120 e. The molecule has 2 heteroatoms. The van der Waals surface area contributed by atoms with Gasteiger partial charge in [-0.1, -0.05) is 35.9 Å². The Morgan fingerprint density at radius 1 is 1.42 bits per heavy atom. The highest BCUT2D eigenvalue weighted by Gasteiger charge is 1.96. The summed E-state index contributed by atoms with van der Waals surface area (Å²) in [6, 6.07) is 7.84. The van der Waals surface area contributed by atoms with Gasteiger partial charge in [0.15, 0.2) is 0 Å². The second-order valence-electron chi connectivity index (χ2n) is 2.21. The van der Waals surface area contributed by atoms with Crippen LogP contribution in [0.25, 0.3) is 0 Å². The van der Waals surface area contributed by atoms with Crippen LogP contribution in [-0.2, 0) is 0 Å². The second-order valence-corrected chi connectivity index (χ2v) is 3.68. The molecule has 0 fully saturated rings. The lowest BCUT2D eigenvalue weighted by Gasteiger charge is -1.99. The van der Waals surface area contributed by atoms with E-state index in [2.05, 4.69) is 6.92 Å². The first-order valence-electron chi connectivity index (χ1n) is 3.66. The molecule has 1 aromatic rings.